The third-order valence-corrected chi connectivity index (χ3v) is 3.70. The Morgan fingerprint density at radius 1 is 1.19 bits per heavy atom. The number of esters is 1. The van der Waals surface area contributed by atoms with Crippen molar-refractivity contribution in [2.24, 2.45) is 5.10 Å². The van der Waals surface area contributed by atoms with Crippen LogP contribution in [0.15, 0.2) is 64.5 Å². The van der Waals surface area contributed by atoms with Crippen molar-refractivity contribution in [3.05, 3.63) is 86.5 Å². The van der Waals surface area contributed by atoms with E-state index in [0.29, 0.717) is 16.9 Å². The fraction of sp³-hybridized carbons (Fsp3) is 0.0556. The fourth-order valence-corrected chi connectivity index (χ4v) is 2.24. The lowest BCUT2D eigenvalue weighted by molar-refractivity contribution is 0.0735. The molecular weight excluding hydrogens is 352 g/mol. The van der Waals surface area contributed by atoms with Crippen LogP contribution in [0.5, 0.6) is 5.75 Å². The van der Waals surface area contributed by atoms with Gasteiger partial charge in [-0.1, -0.05) is 18.2 Å². The Kier molecular flexibility index (Phi) is 5.14. The maximum absolute atomic E-state index is 12.0. The number of hydrogen-bond donors (Lipinski definition) is 1. The molecule has 1 N–H and O–H groups in total. The number of ether oxygens (including phenoxy) is 1. The first-order valence-electron chi connectivity index (χ1n) is 7.64. The molecule has 1 aromatic heterocycles. The Morgan fingerprint density at radius 3 is 2.58 bits per heavy atom. The maximum atomic E-state index is 12.0. The van der Waals surface area contributed by atoms with E-state index in [1.165, 1.54) is 6.21 Å². The highest BCUT2D eigenvalue weighted by Crippen LogP contribution is 2.13. The molecule has 0 aliphatic carbocycles. The zero-order valence-electron chi connectivity index (χ0n) is 13.7. The Morgan fingerprint density at radius 2 is 1.88 bits per heavy atom. The molecule has 0 aliphatic heterocycles. The van der Waals surface area contributed by atoms with Gasteiger partial charge in [-0.3, -0.25) is 9.89 Å². The van der Waals surface area contributed by atoms with Gasteiger partial charge in [-0.25, -0.2) is 4.79 Å². The van der Waals surface area contributed by atoms with Gasteiger partial charge in [-0.15, -0.1) is 0 Å². The van der Waals surface area contributed by atoms with Gasteiger partial charge in [-0.05, 0) is 61.1 Å². The zero-order valence-corrected chi connectivity index (χ0v) is 14.6. The quantitative estimate of drug-likeness (QED) is 0.332. The predicted octanol–water partition coefficient (Wildman–Crippen LogP) is 2.71. The molecule has 1 heterocycles. The molecule has 0 unspecified atom stereocenters. The molecule has 3 rings (SSSR count). The Hall–Kier alpha value is -3.39. The lowest BCUT2D eigenvalue weighted by Gasteiger charge is -2.04. The van der Waals surface area contributed by atoms with Gasteiger partial charge in [-0.2, -0.15) is 14.9 Å². The summed E-state index contributed by atoms with van der Waals surface area (Å²) in [4.78, 5) is 24.0. The van der Waals surface area contributed by atoms with Crippen LogP contribution in [0.2, 0.25) is 0 Å². The van der Waals surface area contributed by atoms with E-state index in [4.69, 9.17) is 17.0 Å². The van der Waals surface area contributed by atoms with Crippen molar-refractivity contribution in [3.8, 4) is 5.75 Å². The minimum Gasteiger partial charge on any atom is -0.423 e. The highest BCUT2D eigenvalue weighted by molar-refractivity contribution is 7.71. The van der Waals surface area contributed by atoms with Crippen LogP contribution in [-0.4, -0.2) is 27.1 Å². The first kappa shape index (κ1) is 17.4. The van der Waals surface area contributed by atoms with E-state index in [0.717, 1.165) is 4.68 Å². The summed E-state index contributed by atoms with van der Waals surface area (Å²) in [7, 11) is 0. The van der Waals surface area contributed by atoms with E-state index < -0.39 is 11.5 Å². The van der Waals surface area contributed by atoms with Crippen molar-refractivity contribution >= 4 is 24.4 Å². The summed E-state index contributed by atoms with van der Waals surface area (Å²) in [5, 5.41) is 10.4. The molecule has 0 aliphatic rings. The van der Waals surface area contributed by atoms with Crippen LogP contribution >= 0.6 is 12.2 Å². The SMILES string of the molecule is Cc1n[nH]c(=S)n(/N=C\c2ccc(OC(=O)c3ccccc3)cc2)c1=O. The number of carbonyl (C=O) groups is 1. The number of hydrogen-bond acceptors (Lipinski definition) is 6. The van der Waals surface area contributed by atoms with E-state index >= 15 is 0 Å². The summed E-state index contributed by atoms with van der Waals surface area (Å²) in [6.07, 6.45) is 1.48. The first-order valence-corrected chi connectivity index (χ1v) is 8.05. The van der Waals surface area contributed by atoms with Crippen molar-refractivity contribution < 1.29 is 9.53 Å². The van der Waals surface area contributed by atoms with Crippen LogP contribution in [0.25, 0.3) is 0 Å². The summed E-state index contributed by atoms with van der Waals surface area (Å²) < 4.78 is 6.46. The molecular formula is C18H14N4O3S. The lowest BCUT2D eigenvalue weighted by atomic mass is 10.2. The second-order valence-corrected chi connectivity index (χ2v) is 5.69. The number of carbonyl (C=O) groups excluding carboxylic acids is 1. The summed E-state index contributed by atoms with van der Waals surface area (Å²) in [6, 6.07) is 15.4. The van der Waals surface area contributed by atoms with Crippen molar-refractivity contribution in [1.29, 1.82) is 0 Å². The molecule has 0 spiro atoms. The van der Waals surface area contributed by atoms with Crippen LogP contribution in [-0.2, 0) is 0 Å². The number of aryl methyl sites for hydroxylation is 1. The van der Waals surface area contributed by atoms with Gasteiger partial charge in [0, 0.05) is 0 Å². The Balaban J connectivity index is 1.74. The number of aromatic nitrogens is 3. The van der Waals surface area contributed by atoms with E-state index in [2.05, 4.69) is 15.3 Å². The maximum Gasteiger partial charge on any atom is 0.343 e. The standard InChI is InChI=1S/C18H14N4O3S/c1-12-16(23)22(18(26)21-20-12)19-11-13-7-9-15(10-8-13)25-17(24)14-5-3-2-4-6-14/h2-11H,1H3,(H,21,26)/b19-11-. The molecule has 0 fully saturated rings. The van der Waals surface area contributed by atoms with Crippen LogP contribution in [0.3, 0.4) is 0 Å². The molecule has 0 saturated heterocycles. The molecule has 0 amide bonds. The van der Waals surface area contributed by atoms with Gasteiger partial charge in [0.1, 0.15) is 11.4 Å². The van der Waals surface area contributed by atoms with Crippen LogP contribution < -0.4 is 10.3 Å². The lowest BCUT2D eigenvalue weighted by Crippen LogP contribution is -2.22. The van der Waals surface area contributed by atoms with E-state index in [-0.39, 0.29) is 10.5 Å². The van der Waals surface area contributed by atoms with Gasteiger partial charge < -0.3 is 4.74 Å². The van der Waals surface area contributed by atoms with Crippen molar-refractivity contribution in [2.45, 2.75) is 6.92 Å². The third kappa shape index (κ3) is 3.98. The van der Waals surface area contributed by atoms with Crippen molar-refractivity contribution in [2.75, 3.05) is 0 Å². The van der Waals surface area contributed by atoms with Gasteiger partial charge in [0.2, 0.25) is 4.77 Å². The van der Waals surface area contributed by atoms with Crippen molar-refractivity contribution in [1.82, 2.24) is 14.9 Å². The Bertz CT molecular complexity index is 1070. The monoisotopic (exact) mass is 366 g/mol. The molecule has 0 atom stereocenters. The molecule has 0 bridgehead atoms. The van der Waals surface area contributed by atoms with Gasteiger partial charge in [0.05, 0.1) is 11.8 Å². The van der Waals surface area contributed by atoms with E-state index in [1.807, 2.05) is 6.07 Å². The minimum atomic E-state index is -0.433. The first-order chi connectivity index (χ1) is 12.5. The van der Waals surface area contributed by atoms with E-state index in [9.17, 15) is 9.59 Å². The number of nitrogens with one attached hydrogen (secondary N) is 1. The van der Waals surface area contributed by atoms with Crippen LogP contribution in [0.4, 0.5) is 0 Å². The molecule has 2 aromatic carbocycles. The summed E-state index contributed by atoms with van der Waals surface area (Å²) >= 11 is 5.00. The Labute approximate surface area is 153 Å². The summed E-state index contributed by atoms with van der Waals surface area (Å²) in [6.45, 7) is 1.56. The summed E-state index contributed by atoms with van der Waals surface area (Å²) in [5.41, 5.74) is 1.05. The molecule has 3 aromatic rings. The highest BCUT2D eigenvalue weighted by Gasteiger charge is 2.07. The average Bonchev–Trinajstić information content (AvgIpc) is 2.67. The van der Waals surface area contributed by atoms with E-state index in [1.54, 1.807) is 55.5 Å². The van der Waals surface area contributed by atoms with Crippen LogP contribution in [0.1, 0.15) is 21.6 Å². The minimum absolute atomic E-state index is 0.102. The molecule has 8 heteroatoms. The third-order valence-electron chi connectivity index (χ3n) is 3.44. The molecule has 130 valence electrons. The van der Waals surface area contributed by atoms with Gasteiger partial charge in [0.25, 0.3) is 5.56 Å². The van der Waals surface area contributed by atoms with Gasteiger partial charge >= 0.3 is 5.97 Å². The fourth-order valence-electron chi connectivity index (χ4n) is 2.06. The topological polar surface area (TPSA) is 89.3 Å². The number of nitrogens with zero attached hydrogens (tertiary/aromatic N) is 3. The van der Waals surface area contributed by atoms with Crippen molar-refractivity contribution in [3.63, 3.8) is 0 Å². The number of H-pyrrole nitrogens is 1. The molecule has 7 nitrogen and oxygen atoms in total. The number of rotatable bonds is 4. The largest absolute Gasteiger partial charge is 0.423 e. The second-order valence-electron chi connectivity index (χ2n) is 5.30. The molecule has 0 saturated carbocycles. The second kappa shape index (κ2) is 7.66. The zero-order chi connectivity index (χ0) is 18.5. The van der Waals surface area contributed by atoms with Gasteiger partial charge in [0.15, 0.2) is 0 Å². The average molecular weight is 366 g/mol. The molecule has 0 radical (unpaired) electrons. The highest BCUT2D eigenvalue weighted by atomic mass is 32.1. The smallest absolute Gasteiger partial charge is 0.343 e. The van der Waals surface area contributed by atoms with Crippen LogP contribution in [0, 0.1) is 11.7 Å². The summed E-state index contributed by atoms with van der Waals surface area (Å²) in [5.74, 6) is -0.0256. The normalized spacial score (nSPS) is 10.8. The molecule has 26 heavy (non-hydrogen) atoms. The predicted molar refractivity (Wildman–Crippen MR) is 99.3 cm³/mol. The number of benzene rings is 2. The number of aromatic amines is 1.